The topological polar surface area (TPSA) is 88.1 Å². The first kappa shape index (κ1) is 17.8. The van der Waals surface area contributed by atoms with Crippen molar-refractivity contribution in [1.82, 2.24) is 0 Å². The first-order chi connectivity index (χ1) is 10.6. The molecule has 0 heterocycles. The van der Waals surface area contributed by atoms with Gasteiger partial charge in [-0.05, 0) is 0 Å². The molecular formula is C15H18O7. The largest absolute Gasteiger partial charge is 0.467 e. The molecule has 0 atom stereocenters. The molecule has 1 rings (SSSR count). The molecule has 0 saturated carbocycles. The maximum atomic E-state index is 11.7. The van der Waals surface area contributed by atoms with Crippen LogP contribution >= 0.6 is 0 Å². The first-order valence-corrected chi connectivity index (χ1v) is 6.64. The van der Waals surface area contributed by atoms with Crippen molar-refractivity contribution < 1.29 is 33.3 Å². The van der Waals surface area contributed by atoms with Crippen molar-refractivity contribution in [3.63, 3.8) is 0 Å². The molecule has 0 fully saturated rings. The number of hydrogen-bond donors (Lipinski definition) is 0. The summed E-state index contributed by atoms with van der Waals surface area (Å²) in [5.41, 5.74) is 0.282. The summed E-state index contributed by atoms with van der Waals surface area (Å²) in [6.45, 7) is 0.414. The molecule has 0 bridgehead atoms. The Kier molecular flexibility index (Phi) is 8.47. The molecule has 22 heavy (non-hydrogen) atoms. The quantitative estimate of drug-likeness (QED) is 0.271. The third-order valence-corrected chi connectivity index (χ3v) is 2.50. The molecule has 0 aliphatic heterocycles. The Labute approximate surface area is 128 Å². The third kappa shape index (κ3) is 6.96. The Morgan fingerprint density at radius 1 is 0.909 bits per heavy atom. The number of ether oxygens (including phenoxy) is 4. The monoisotopic (exact) mass is 310 g/mol. The van der Waals surface area contributed by atoms with Gasteiger partial charge in [0.25, 0.3) is 5.78 Å². The second-order valence-corrected chi connectivity index (χ2v) is 4.07. The molecule has 7 nitrogen and oxygen atoms in total. The van der Waals surface area contributed by atoms with Crippen LogP contribution in [0.25, 0.3) is 0 Å². The van der Waals surface area contributed by atoms with Crippen LogP contribution in [0.4, 0.5) is 0 Å². The highest BCUT2D eigenvalue weighted by Gasteiger charge is 2.16. The average Bonchev–Trinajstić information content (AvgIpc) is 2.56. The van der Waals surface area contributed by atoms with E-state index in [1.807, 2.05) is 0 Å². The van der Waals surface area contributed by atoms with Crippen molar-refractivity contribution in [3.05, 3.63) is 35.9 Å². The molecule has 0 aliphatic carbocycles. The van der Waals surface area contributed by atoms with Crippen molar-refractivity contribution in [2.45, 2.75) is 0 Å². The van der Waals surface area contributed by atoms with Crippen LogP contribution in [-0.2, 0) is 28.5 Å². The molecule has 0 saturated heterocycles. The van der Waals surface area contributed by atoms with E-state index >= 15 is 0 Å². The number of rotatable bonds is 10. The van der Waals surface area contributed by atoms with Crippen LogP contribution in [0.5, 0.6) is 0 Å². The number of carbonyl (C=O) groups excluding carboxylic acids is 3. The van der Waals surface area contributed by atoms with E-state index in [0.29, 0.717) is 0 Å². The number of methoxy groups -OCH3 is 1. The van der Waals surface area contributed by atoms with Gasteiger partial charge in [0.15, 0.2) is 0 Å². The van der Waals surface area contributed by atoms with Crippen LogP contribution in [0.3, 0.4) is 0 Å². The van der Waals surface area contributed by atoms with E-state index in [2.05, 4.69) is 4.74 Å². The molecule has 120 valence electrons. The van der Waals surface area contributed by atoms with Crippen LogP contribution in [-0.4, -0.2) is 57.9 Å². The maximum absolute atomic E-state index is 11.7. The zero-order valence-electron chi connectivity index (χ0n) is 12.3. The van der Waals surface area contributed by atoms with E-state index in [1.54, 1.807) is 30.3 Å². The van der Waals surface area contributed by atoms with E-state index < -0.39 is 17.7 Å². The Bertz CT molecular complexity index is 484. The van der Waals surface area contributed by atoms with E-state index in [1.165, 1.54) is 7.11 Å². The van der Waals surface area contributed by atoms with Gasteiger partial charge < -0.3 is 18.9 Å². The number of ketones is 1. The van der Waals surface area contributed by atoms with Crippen molar-refractivity contribution >= 4 is 17.7 Å². The number of carbonyl (C=O) groups is 3. The SMILES string of the molecule is COC(=O)COCCOCCOC(=O)C(=O)c1ccccc1. The minimum atomic E-state index is -0.920. The lowest BCUT2D eigenvalue weighted by Gasteiger charge is -2.06. The summed E-state index contributed by atoms with van der Waals surface area (Å²) in [5, 5.41) is 0. The highest BCUT2D eigenvalue weighted by molar-refractivity contribution is 6.40. The van der Waals surface area contributed by atoms with Gasteiger partial charge in [-0.15, -0.1) is 0 Å². The van der Waals surface area contributed by atoms with Crippen molar-refractivity contribution in [2.75, 3.05) is 40.1 Å². The second kappa shape index (κ2) is 10.5. The molecule has 0 aromatic heterocycles. The summed E-state index contributed by atoms with van der Waals surface area (Å²) < 4.78 is 19.2. The average molecular weight is 310 g/mol. The van der Waals surface area contributed by atoms with E-state index in [4.69, 9.17) is 14.2 Å². The Hall–Kier alpha value is -2.25. The highest BCUT2D eigenvalue weighted by Crippen LogP contribution is 2.01. The molecule has 0 unspecified atom stereocenters. The lowest BCUT2D eigenvalue weighted by molar-refractivity contribution is -0.147. The number of Topliss-reactive ketones (excluding diaryl/α,β-unsaturated/α-hetero) is 1. The summed E-state index contributed by atoms with van der Waals surface area (Å²) in [6.07, 6.45) is 0. The van der Waals surface area contributed by atoms with Crippen LogP contribution < -0.4 is 0 Å². The van der Waals surface area contributed by atoms with Crippen molar-refractivity contribution in [2.24, 2.45) is 0 Å². The van der Waals surface area contributed by atoms with Gasteiger partial charge >= 0.3 is 11.9 Å². The number of benzene rings is 1. The molecule has 0 radical (unpaired) electrons. The molecule has 1 aromatic rings. The third-order valence-electron chi connectivity index (χ3n) is 2.50. The fraction of sp³-hybridized carbons (Fsp3) is 0.400. The molecule has 7 heteroatoms. The summed E-state index contributed by atoms with van der Waals surface area (Å²) in [6, 6.07) is 8.16. The van der Waals surface area contributed by atoms with Gasteiger partial charge in [-0.25, -0.2) is 9.59 Å². The van der Waals surface area contributed by atoms with Crippen LogP contribution in [0.15, 0.2) is 30.3 Å². The molecule has 1 aromatic carbocycles. The zero-order valence-corrected chi connectivity index (χ0v) is 12.3. The Morgan fingerprint density at radius 3 is 2.23 bits per heavy atom. The lowest BCUT2D eigenvalue weighted by atomic mass is 10.1. The summed E-state index contributed by atoms with van der Waals surface area (Å²) >= 11 is 0. The van der Waals surface area contributed by atoms with E-state index in [0.717, 1.165) is 0 Å². The van der Waals surface area contributed by atoms with Gasteiger partial charge in [-0.2, -0.15) is 0 Å². The zero-order chi connectivity index (χ0) is 16.2. The van der Waals surface area contributed by atoms with Gasteiger partial charge in [-0.1, -0.05) is 30.3 Å². The van der Waals surface area contributed by atoms with Gasteiger partial charge in [0, 0.05) is 5.56 Å². The minimum Gasteiger partial charge on any atom is -0.467 e. The second-order valence-electron chi connectivity index (χ2n) is 4.07. The van der Waals surface area contributed by atoms with Crippen molar-refractivity contribution in [3.8, 4) is 0 Å². The lowest BCUT2D eigenvalue weighted by Crippen LogP contribution is -2.20. The normalized spacial score (nSPS) is 10.0. The molecular weight excluding hydrogens is 292 g/mol. The predicted octanol–water partition coefficient (Wildman–Crippen LogP) is 0.619. The first-order valence-electron chi connectivity index (χ1n) is 6.64. The molecule has 0 spiro atoms. The van der Waals surface area contributed by atoms with Crippen LogP contribution in [0, 0.1) is 0 Å². The predicted molar refractivity (Wildman–Crippen MR) is 75.4 cm³/mol. The summed E-state index contributed by atoms with van der Waals surface area (Å²) in [7, 11) is 1.27. The minimum absolute atomic E-state index is 0.0333. The summed E-state index contributed by atoms with van der Waals surface area (Å²) in [4.78, 5) is 33.9. The fourth-order valence-corrected chi connectivity index (χ4v) is 1.40. The van der Waals surface area contributed by atoms with Gasteiger partial charge in [-0.3, -0.25) is 4.79 Å². The van der Waals surface area contributed by atoms with Gasteiger partial charge in [0.1, 0.15) is 13.2 Å². The molecule has 0 N–H and O–H groups in total. The Morgan fingerprint density at radius 2 is 1.55 bits per heavy atom. The molecule has 0 aliphatic rings. The van der Waals surface area contributed by atoms with Gasteiger partial charge in [0.05, 0.1) is 26.9 Å². The van der Waals surface area contributed by atoms with Crippen molar-refractivity contribution in [1.29, 1.82) is 0 Å². The standard InChI is InChI=1S/C15H18O7/c1-19-13(16)11-21-8-7-20-9-10-22-15(18)14(17)12-5-3-2-4-6-12/h2-6H,7-11H2,1H3. The van der Waals surface area contributed by atoms with E-state index in [-0.39, 0.29) is 38.6 Å². The smallest absolute Gasteiger partial charge is 0.379 e. The highest BCUT2D eigenvalue weighted by atomic mass is 16.6. The maximum Gasteiger partial charge on any atom is 0.379 e. The number of hydrogen-bond acceptors (Lipinski definition) is 7. The summed E-state index contributed by atoms with van der Waals surface area (Å²) in [5.74, 6) is -2.08. The molecule has 0 amide bonds. The Balaban J connectivity index is 2.06. The van der Waals surface area contributed by atoms with Crippen LogP contribution in [0.1, 0.15) is 10.4 Å². The van der Waals surface area contributed by atoms with Gasteiger partial charge in [0.2, 0.25) is 0 Å². The van der Waals surface area contributed by atoms with Crippen LogP contribution in [0.2, 0.25) is 0 Å². The number of esters is 2. The van der Waals surface area contributed by atoms with E-state index in [9.17, 15) is 14.4 Å². The fourth-order valence-electron chi connectivity index (χ4n) is 1.40.